The van der Waals surface area contributed by atoms with Crippen molar-refractivity contribution in [1.29, 1.82) is 0 Å². The second kappa shape index (κ2) is 12.8. The lowest BCUT2D eigenvalue weighted by molar-refractivity contribution is -0.173. The van der Waals surface area contributed by atoms with Gasteiger partial charge >= 0.3 is 0 Å². The Morgan fingerprint density at radius 3 is 2.31 bits per heavy atom. The maximum atomic E-state index is 15.1. The van der Waals surface area contributed by atoms with E-state index in [4.69, 9.17) is 4.74 Å². The summed E-state index contributed by atoms with van der Waals surface area (Å²) in [6.45, 7) is 5.20. The number of carbonyl (C=O) groups is 1. The summed E-state index contributed by atoms with van der Waals surface area (Å²) >= 11 is 1.20. The molecule has 0 radical (unpaired) electrons. The minimum absolute atomic E-state index is 0.00422. The second-order valence-corrected chi connectivity index (χ2v) is 19.8. The van der Waals surface area contributed by atoms with Gasteiger partial charge in [0.05, 0.1) is 11.7 Å². The van der Waals surface area contributed by atoms with Gasteiger partial charge in [-0.3, -0.25) is 4.79 Å². The van der Waals surface area contributed by atoms with E-state index in [9.17, 15) is 18.6 Å². The minimum Gasteiger partial charge on any atom is -0.393 e. The molecule has 1 heterocycles. The number of hydrogen-bond acceptors (Lipinski definition) is 7. The number of carbonyl (C=O) groups excluding carboxylic acids is 1. The Kier molecular flexibility index (Phi) is 8.91. The molecule has 2 N–H and O–H groups in total. The number of hydrogen-bond donors (Lipinski definition) is 2. The van der Waals surface area contributed by atoms with E-state index in [1.807, 2.05) is 42.5 Å². The highest BCUT2D eigenvalue weighted by molar-refractivity contribution is 7.91. The number of rotatable bonds is 11. The van der Waals surface area contributed by atoms with Crippen LogP contribution >= 0.6 is 11.3 Å². The Morgan fingerprint density at radius 1 is 0.904 bits per heavy atom. The van der Waals surface area contributed by atoms with Crippen LogP contribution < -0.4 is 0 Å². The van der Waals surface area contributed by atoms with Gasteiger partial charge < -0.3 is 14.9 Å². The molecule has 0 aliphatic heterocycles. The van der Waals surface area contributed by atoms with Gasteiger partial charge in [-0.1, -0.05) is 92.7 Å². The Balaban J connectivity index is 1.20. The van der Waals surface area contributed by atoms with Gasteiger partial charge in [0.15, 0.2) is 5.78 Å². The van der Waals surface area contributed by atoms with Crippen LogP contribution in [0.1, 0.15) is 75.6 Å². The van der Waals surface area contributed by atoms with Gasteiger partial charge in [0.25, 0.3) is 10.0 Å². The maximum absolute atomic E-state index is 15.1. The average molecular weight is 742 g/mol. The topological polar surface area (TPSA) is 104 Å². The summed E-state index contributed by atoms with van der Waals surface area (Å²) in [5, 5.41) is 25.8. The van der Waals surface area contributed by atoms with Crippen molar-refractivity contribution in [2.24, 2.45) is 33.5 Å². The smallest absolute Gasteiger partial charge is 0.252 e. The number of allylic oxidation sites excluding steroid dienone is 4. The number of ketones is 1. The SMILES string of the molecule is COCCCN(C[C@]1(O)CC[C@H]2[C@]34C=C[C@@]5(C=C3C(=O)c3ccc(-c6ccccc6)cc3)CC(O)CC[C@]5(C)[C@H]4CC[C@@]21C)S(=O)(=O)c1cccs1. The summed E-state index contributed by atoms with van der Waals surface area (Å²) in [5.74, 6) is 0.0840. The molecule has 1 aromatic heterocycles. The Labute approximate surface area is 312 Å². The van der Waals surface area contributed by atoms with Crippen molar-refractivity contribution in [3.8, 4) is 11.1 Å². The summed E-state index contributed by atoms with van der Waals surface area (Å²) < 4.78 is 35.2. The first-order chi connectivity index (χ1) is 24.8. The van der Waals surface area contributed by atoms with E-state index in [-0.39, 0.29) is 40.3 Å². The van der Waals surface area contributed by atoms with Crippen molar-refractivity contribution in [2.75, 3.05) is 26.8 Å². The fourth-order valence-corrected chi connectivity index (χ4v) is 14.4. The molecular formula is C43H51NO6S2. The highest BCUT2D eigenvalue weighted by Gasteiger charge is 2.74. The molecule has 3 fully saturated rings. The van der Waals surface area contributed by atoms with Gasteiger partial charge in [-0.2, -0.15) is 4.31 Å². The molecule has 0 amide bonds. The first kappa shape index (κ1) is 36.1. The molecule has 52 heavy (non-hydrogen) atoms. The van der Waals surface area contributed by atoms with Gasteiger partial charge in [-0.25, -0.2) is 8.42 Å². The molecular weight excluding hydrogens is 691 g/mol. The third-order valence-electron chi connectivity index (χ3n) is 14.5. The van der Waals surface area contributed by atoms with Crippen molar-refractivity contribution in [1.82, 2.24) is 4.31 Å². The number of methoxy groups -OCH3 is 1. The third kappa shape index (κ3) is 5.17. The minimum atomic E-state index is -3.85. The zero-order valence-corrected chi connectivity index (χ0v) is 32.1. The van der Waals surface area contributed by atoms with Gasteiger partial charge in [0.1, 0.15) is 4.21 Å². The largest absolute Gasteiger partial charge is 0.393 e. The molecule has 8 atom stereocenters. The molecule has 2 aromatic carbocycles. The summed E-state index contributed by atoms with van der Waals surface area (Å²) in [4.78, 5) is 15.1. The number of nitrogens with zero attached hydrogens (tertiary/aromatic N) is 1. The van der Waals surface area contributed by atoms with Crippen LogP contribution in [-0.4, -0.2) is 67.2 Å². The monoisotopic (exact) mass is 741 g/mol. The first-order valence-electron chi connectivity index (χ1n) is 18.9. The average Bonchev–Trinajstić information content (AvgIpc) is 3.79. The molecule has 3 aromatic rings. The lowest BCUT2D eigenvalue weighted by atomic mass is 9.32. The van der Waals surface area contributed by atoms with Crippen LogP contribution in [0.4, 0.5) is 0 Å². The van der Waals surface area contributed by atoms with Crippen LogP contribution in [0.25, 0.3) is 11.1 Å². The van der Waals surface area contributed by atoms with Gasteiger partial charge in [0.2, 0.25) is 0 Å². The second-order valence-electron chi connectivity index (χ2n) is 16.7. The summed E-state index contributed by atoms with van der Waals surface area (Å²) in [7, 11) is -2.24. The van der Waals surface area contributed by atoms with E-state index in [0.29, 0.717) is 37.9 Å². The molecule has 9 heteroatoms. The lowest BCUT2D eigenvalue weighted by Gasteiger charge is -2.71. The predicted octanol–water partition coefficient (Wildman–Crippen LogP) is 7.92. The van der Waals surface area contributed by atoms with E-state index in [1.165, 1.54) is 15.6 Å². The highest BCUT2D eigenvalue weighted by Crippen LogP contribution is 2.78. The van der Waals surface area contributed by atoms with Crippen molar-refractivity contribution >= 4 is 27.1 Å². The first-order valence-corrected chi connectivity index (χ1v) is 21.2. The fourth-order valence-electron chi connectivity index (χ4n) is 11.7. The van der Waals surface area contributed by atoms with Gasteiger partial charge in [-0.15, -0.1) is 11.3 Å². The van der Waals surface area contributed by atoms with Gasteiger partial charge in [-0.05, 0) is 91.2 Å². The number of aliphatic hydroxyl groups excluding tert-OH is 1. The van der Waals surface area contributed by atoms with Crippen LogP contribution in [0, 0.1) is 33.5 Å². The fraction of sp³-hybridized carbons (Fsp3) is 0.512. The Hall–Kier alpha value is -2.92. The molecule has 0 saturated heterocycles. The van der Waals surface area contributed by atoms with Crippen molar-refractivity contribution in [3.05, 3.63) is 101 Å². The van der Waals surface area contributed by atoms with E-state index in [1.54, 1.807) is 24.6 Å². The molecule has 2 spiro atoms. The molecule has 9 rings (SSSR count). The van der Waals surface area contributed by atoms with Crippen molar-refractivity contribution < 1.29 is 28.2 Å². The molecule has 1 unspecified atom stereocenters. The van der Waals surface area contributed by atoms with Crippen molar-refractivity contribution in [3.63, 3.8) is 0 Å². The number of thiophene rings is 1. The Bertz CT molecular complexity index is 1990. The quantitative estimate of drug-likeness (QED) is 0.118. The standard InChI is InChI=1S/C43H51NO6S2/c1-39-19-16-33(45)27-41(39)22-23-43(34(28-41)38(46)32-14-12-31(13-15-32)30-9-5-4-6-10-30)35(39)17-20-40(2)36(43)18-21-42(40,47)29-44(24-8-25-50-3)52(48,49)37-11-7-26-51-37/h4-7,9-15,22-23,26,28,33,35-36,45,47H,8,16-21,24-25,27,29H2,1-3H3/t33?,35-,36-,39-,40+,41+,42-,43-/m1/s1. The zero-order chi connectivity index (χ0) is 36.6. The molecule has 276 valence electrons. The van der Waals surface area contributed by atoms with Crippen LogP contribution in [0.5, 0.6) is 0 Å². The van der Waals surface area contributed by atoms with Crippen LogP contribution in [0.3, 0.4) is 0 Å². The summed E-state index contributed by atoms with van der Waals surface area (Å²) in [6, 6.07) is 21.5. The lowest BCUT2D eigenvalue weighted by Crippen LogP contribution is -2.67. The zero-order valence-electron chi connectivity index (χ0n) is 30.5. The molecule has 2 bridgehead atoms. The summed E-state index contributed by atoms with van der Waals surface area (Å²) in [6.07, 6.45) is 11.8. The van der Waals surface area contributed by atoms with E-state index < -0.39 is 38.0 Å². The van der Waals surface area contributed by atoms with E-state index in [0.717, 1.165) is 42.4 Å². The van der Waals surface area contributed by atoms with Crippen LogP contribution in [-0.2, 0) is 14.8 Å². The summed E-state index contributed by atoms with van der Waals surface area (Å²) in [5.41, 5.74) is 0.409. The molecule has 6 aliphatic rings. The molecule has 6 aliphatic carbocycles. The molecule has 7 nitrogen and oxygen atoms in total. The normalized spacial score (nSPS) is 36.3. The van der Waals surface area contributed by atoms with E-state index >= 15 is 4.79 Å². The number of fused-ring (bicyclic) bond motifs is 1. The number of aliphatic hydroxyl groups is 2. The van der Waals surface area contributed by atoms with Crippen LogP contribution in [0.2, 0.25) is 0 Å². The van der Waals surface area contributed by atoms with Crippen LogP contribution in [0.15, 0.2) is 100 Å². The van der Waals surface area contributed by atoms with Gasteiger partial charge in [0, 0.05) is 54.2 Å². The predicted molar refractivity (Wildman–Crippen MR) is 204 cm³/mol. The van der Waals surface area contributed by atoms with Crippen molar-refractivity contribution in [2.45, 2.75) is 81.1 Å². The Morgan fingerprint density at radius 2 is 1.60 bits per heavy atom. The number of Topliss-reactive ketones (excluding diaryl/α,β-unsaturated/α-hetero) is 1. The number of ether oxygens (including phenoxy) is 1. The highest BCUT2D eigenvalue weighted by atomic mass is 32.2. The maximum Gasteiger partial charge on any atom is 0.252 e. The third-order valence-corrected chi connectivity index (χ3v) is 17.7. The number of benzene rings is 2. The molecule has 3 saturated carbocycles. The van der Waals surface area contributed by atoms with E-state index in [2.05, 4.69) is 44.2 Å². The number of sulfonamides is 1.